The lowest BCUT2D eigenvalue weighted by molar-refractivity contribution is 1.16. The first-order chi connectivity index (χ1) is 13.3. The third-order valence-corrected chi connectivity index (χ3v) is 5.81. The van der Waals surface area contributed by atoms with Crippen molar-refractivity contribution in [3.05, 3.63) is 88.3 Å². The maximum absolute atomic E-state index is 5.89. The number of fused-ring (bicyclic) bond motifs is 3. The molecule has 2 heterocycles. The highest BCUT2D eigenvalue weighted by atomic mass is 35.5. The predicted octanol–water partition coefficient (Wildman–Crippen LogP) is 6.51. The fraction of sp³-hybridized carbons (Fsp3) is 0.0455. The molecular weight excluding hydrogens is 374 g/mol. The van der Waals surface area contributed by atoms with Crippen molar-refractivity contribution >= 4 is 50.4 Å². The number of nitrogens with one attached hydrogen (secondary N) is 1. The third kappa shape index (κ3) is 2.97. The van der Waals surface area contributed by atoms with Crippen LogP contribution in [0, 0.1) is 0 Å². The summed E-state index contributed by atoms with van der Waals surface area (Å²) in [6, 6.07) is 25.6. The smallest absolute Gasteiger partial charge is 0.183 e. The van der Waals surface area contributed by atoms with E-state index in [2.05, 4.69) is 87.7 Å². The SMILES string of the molecule is Clc1ncc(CNc2ccc(-n3c4ccccc4c4ccccc43)cc2)s1. The summed E-state index contributed by atoms with van der Waals surface area (Å²) in [6.07, 6.45) is 1.81. The van der Waals surface area contributed by atoms with Gasteiger partial charge in [0.05, 0.1) is 17.6 Å². The summed E-state index contributed by atoms with van der Waals surface area (Å²) in [5, 5.41) is 5.97. The number of nitrogens with zero attached hydrogens (tertiary/aromatic N) is 2. The Morgan fingerprint density at radius 2 is 1.48 bits per heavy atom. The molecule has 1 N–H and O–H groups in total. The molecule has 0 amide bonds. The van der Waals surface area contributed by atoms with Crippen molar-refractivity contribution in [1.82, 2.24) is 9.55 Å². The molecule has 0 aliphatic rings. The molecule has 0 spiro atoms. The quantitative estimate of drug-likeness (QED) is 0.380. The zero-order valence-electron chi connectivity index (χ0n) is 14.4. The van der Waals surface area contributed by atoms with Crippen LogP contribution in [0.1, 0.15) is 4.88 Å². The van der Waals surface area contributed by atoms with Gasteiger partial charge in [-0.15, -0.1) is 11.3 Å². The molecule has 0 fully saturated rings. The number of benzene rings is 3. The van der Waals surface area contributed by atoms with Gasteiger partial charge in [0.1, 0.15) is 0 Å². The van der Waals surface area contributed by atoms with E-state index in [1.54, 1.807) is 0 Å². The van der Waals surface area contributed by atoms with E-state index in [-0.39, 0.29) is 0 Å². The van der Waals surface area contributed by atoms with E-state index in [0.29, 0.717) is 4.47 Å². The van der Waals surface area contributed by atoms with Gasteiger partial charge in [0.25, 0.3) is 0 Å². The standard InChI is InChI=1S/C22H16ClN3S/c23-22-25-14-17(27-22)13-24-15-9-11-16(12-10-15)26-20-7-3-1-5-18(20)19-6-2-4-8-21(19)26/h1-12,14,24H,13H2. The van der Waals surface area contributed by atoms with Crippen LogP contribution in [0.2, 0.25) is 4.47 Å². The molecule has 5 aromatic rings. The van der Waals surface area contributed by atoms with E-state index >= 15 is 0 Å². The van der Waals surface area contributed by atoms with Crippen molar-refractivity contribution in [2.75, 3.05) is 5.32 Å². The fourth-order valence-corrected chi connectivity index (χ4v) is 4.40. The molecule has 0 unspecified atom stereocenters. The van der Waals surface area contributed by atoms with E-state index in [1.165, 1.54) is 33.1 Å². The second-order valence-electron chi connectivity index (χ2n) is 6.35. The molecule has 0 saturated heterocycles. The van der Waals surface area contributed by atoms with Gasteiger partial charge in [-0.3, -0.25) is 0 Å². The first kappa shape index (κ1) is 16.4. The van der Waals surface area contributed by atoms with Gasteiger partial charge in [-0.25, -0.2) is 4.98 Å². The molecule has 132 valence electrons. The van der Waals surface area contributed by atoms with Crippen LogP contribution in [0.3, 0.4) is 0 Å². The van der Waals surface area contributed by atoms with E-state index in [0.717, 1.165) is 22.8 Å². The molecule has 0 aliphatic carbocycles. The number of hydrogen-bond donors (Lipinski definition) is 1. The Labute approximate surface area is 165 Å². The van der Waals surface area contributed by atoms with E-state index in [1.807, 2.05) is 6.20 Å². The lowest BCUT2D eigenvalue weighted by Crippen LogP contribution is -1.98. The Hall–Kier alpha value is -2.82. The summed E-state index contributed by atoms with van der Waals surface area (Å²) in [6.45, 7) is 0.721. The number of thiazole rings is 1. The van der Waals surface area contributed by atoms with E-state index in [9.17, 15) is 0 Å². The van der Waals surface area contributed by atoms with Crippen molar-refractivity contribution in [3.8, 4) is 5.69 Å². The van der Waals surface area contributed by atoms with Crippen molar-refractivity contribution in [1.29, 1.82) is 0 Å². The van der Waals surface area contributed by atoms with Crippen LogP contribution in [0.5, 0.6) is 0 Å². The summed E-state index contributed by atoms with van der Waals surface area (Å²) in [4.78, 5) is 5.19. The van der Waals surface area contributed by atoms with Gasteiger partial charge in [0.2, 0.25) is 0 Å². The number of para-hydroxylation sites is 2. The van der Waals surface area contributed by atoms with Gasteiger partial charge < -0.3 is 9.88 Å². The van der Waals surface area contributed by atoms with Crippen LogP contribution >= 0.6 is 22.9 Å². The minimum atomic E-state index is 0.577. The lowest BCUT2D eigenvalue weighted by atomic mass is 10.2. The van der Waals surface area contributed by atoms with Crippen molar-refractivity contribution < 1.29 is 0 Å². The normalized spacial score (nSPS) is 11.3. The highest BCUT2D eigenvalue weighted by Gasteiger charge is 2.11. The van der Waals surface area contributed by atoms with E-state index < -0.39 is 0 Å². The second-order valence-corrected chi connectivity index (χ2v) is 8.05. The topological polar surface area (TPSA) is 29.9 Å². The maximum atomic E-state index is 5.89. The molecule has 0 saturated carbocycles. The van der Waals surface area contributed by atoms with Gasteiger partial charge in [0.15, 0.2) is 4.47 Å². The summed E-state index contributed by atoms with van der Waals surface area (Å²) < 4.78 is 2.89. The Morgan fingerprint density at radius 1 is 0.852 bits per heavy atom. The Kier molecular flexibility index (Phi) is 4.07. The Bertz CT molecular complexity index is 1180. The summed E-state index contributed by atoms with van der Waals surface area (Å²) in [5.41, 5.74) is 4.67. The predicted molar refractivity (Wildman–Crippen MR) is 115 cm³/mol. The highest BCUT2D eigenvalue weighted by molar-refractivity contribution is 7.15. The molecule has 3 aromatic carbocycles. The van der Waals surface area contributed by atoms with Gasteiger partial charge in [-0.2, -0.15) is 0 Å². The van der Waals surface area contributed by atoms with Crippen LogP contribution in [0.25, 0.3) is 27.5 Å². The highest BCUT2D eigenvalue weighted by Crippen LogP contribution is 2.32. The van der Waals surface area contributed by atoms with Gasteiger partial charge in [-0.1, -0.05) is 48.0 Å². The first-order valence-electron chi connectivity index (χ1n) is 8.72. The molecule has 3 nitrogen and oxygen atoms in total. The van der Waals surface area contributed by atoms with Crippen LogP contribution < -0.4 is 5.32 Å². The zero-order chi connectivity index (χ0) is 18.2. The van der Waals surface area contributed by atoms with Crippen LogP contribution in [-0.4, -0.2) is 9.55 Å². The number of rotatable bonds is 4. The van der Waals surface area contributed by atoms with Crippen molar-refractivity contribution in [2.45, 2.75) is 6.54 Å². The van der Waals surface area contributed by atoms with Crippen LogP contribution in [0.4, 0.5) is 5.69 Å². The molecule has 0 atom stereocenters. The largest absolute Gasteiger partial charge is 0.380 e. The number of aromatic nitrogens is 2. The first-order valence-corrected chi connectivity index (χ1v) is 9.92. The third-order valence-electron chi connectivity index (χ3n) is 4.70. The molecular formula is C22H16ClN3S. The molecule has 0 aliphatic heterocycles. The number of halogens is 1. The average Bonchev–Trinajstić information content (AvgIpc) is 3.28. The molecule has 5 heteroatoms. The minimum absolute atomic E-state index is 0.577. The average molecular weight is 390 g/mol. The Balaban J connectivity index is 1.51. The van der Waals surface area contributed by atoms with Crippen LogP contribution in [0.15, 0.2) is 79.0 Å². The van der Waals surface area contributed by atoms with Gasteiger partial charge in [-0.05, 0) is 36.4 Å². The second kappa shape index (κ2) is 6.72. The lowest BCUT2D eigenvalue weighted by Gasteiger charge is -2.10. The fourth-order valence-electron chi connectivity index (χ4n) is 3.48. The van der Waals surface area contributed by atoms with E-state index in [4.69, 9.17) is 11.6 Å². The monoisotopic (exact) mass is 389 g/mol. The number of hydrogen-bond acceptors (Lipinski definition) is 3. The summed E-state index contributed by atoms with van der Waals surface area (Å²) in [5.74, 6) is 0. The zero-order valence-corrected chi connectivity index (χ0v) is 16.0. The minimum Gasteiger partial charge on any atom is -0.380 e. The molecule has 0 bridgehead atoms. The molecule has 5 rings (SSSR count). The van der Waals surface area contributed by atoms with Gasteiger partial charge in [0, 0.05) is 33.2 Å². The van der Waals surface area contributed by atoms with Crippen molar-refractivity contribution in [3.63, 3.8) is 0 Å². The van der Waals surface area contributed by atoms with Gasteiger partial charge >= 0.3 is 0 Å². The summed E-state index contributed by atoms with van der Waals surface area (Å²) >= 11 is 7.39. The summed E-state index contributed by atoms with van der Waals surface area (Å²) in [7, 11) is 0. The molecule has 2 aromatic heterocycles. The van der Waals surface area contributed by atoms with Crippen molar-refractivity contribution in [2.24, 2.45) is 0 Å². The molecule has 27 heavy (non-hydrogen) atoms. The molecule has 0 radical (unpaired) electrons. The van der Waals surface area contributed by atoms with Crippen LogP contribution in [-0.2, 0) is 6.54 Å². The maximum Gasteiger partial charge on any atom is 0.183 e. The number of anilines is 1. The Morgan fingerprint density at radius 3 is 2.07 bits per heavy atom.